The number of hydrogen-bond acceptors (Lipinski definition) is 2. The second-order valence-corrected chi connectivity index (χ2v) is 4.81. The fourth-order valence-corrected chi connectivity index (χ4v) is 2.30. The van der Waals surface area contributed by atoms with Crippen LogP contribution in [0.25, 0.3) is 0 Å². The number of H-pyrrole nitrogens is 1. The van der Waals surface area contributed by atoms with Gasteiger partial charge in [0.25, 0.3) is 5.56 Å². The Balaban J connectivity index is 2.19. The van der Waals surface area contributed by atoms with Gasteiger partial charge in [-0.1, -0.05) is 13.8 Å². The number of nitrogens with one attached hydrogen (secondary N) is 1. The minimum Gasteiger partial charge on any atom is -0.268 e. The van der Waals surface area contributed by atoms with Gasteiger partial charge in [-0.25, -0.2) is 13.9 Å². The van der Waals surface area contributed by atoms with Crippen LogP contribution in [0.4, 0.5) is 8.78 Å². The van der Waals surface area contributed by atoms with Crippen LogP contribution in [-0.2, 0) is 6.42 Å². The quantitative estimate of drug-likeness (QED) is 0.885. The molecule has 1 fully saturated rings. The number of nitrogens with zero attached hydrogens (tertiary/aromatic N) is 1. The molecule has 1 unspecified atom stereocenters. The van der Waals surface area contributed by atoms with Gasteiger partial charge in [0.2, 0.25) is 5.92 Å². The number of hydrogen-bond donors (Lipinski definition) is 1. The van der Waals surface area contributed by atoms with E-state index in [-0.39, 0.29) is 30.2 Å². The van der Waals surface area contributed by atoms with Gasteiger partial charge in [-0.15, -0.1) is 0 Å². The molecular formula is C12H16F2N2O. The van der Waals surface area contributed by atoms with Gasteiger partial charge in [-0.05, 0) is 24.3 Å². The Hall–Kier alpha value is -1.26. The molecule has 1 heterocycles. The van der Waals surface area contributed by atoms with E-state index in [9.17, 15) is 13.6 Å². The molecule has 1 N–H and O–H groups in total. The highest BCUT2D eigenvalue weighted by Crippen LogP contribution is 2.48. The van der Waals surface area contributed by atoms with Gasteiger partial charge >= 0.3 is 0 Å². The summed E-state index contributed by atoms with van der Waals surface area (Å²) in [6.07, 6.45) is 0.492. The molecule has 0 saturated heterocycles. The fourth-order valence-electron chi connectivity index (χ4n) is 2.30. The lowest BCUT2D eigenvalue weighted by atomic mass is 9.71. The Kier molecular flexibility index (Phi) is 3.02. The van der Waals surface area contributed by atoms with Crippen molar-refractivity contribution in [2.45, 2.75) is 45.0 Å². The third-order valence-corrected chi connectivity index (χ3v) is 3.57. The molecule has 94 valence electrons. The molecule has 1 saturated carbocycles. The highest BCUT2D eigenvalue weighted by molar-refractivity contribution is 5.19. The minimum atomic E-state index is -2.54. The highest BCUT2D eigenvalue weighted by Gasteiger charge is 2.47. The van der Waals surface area contributed by atoms with E-state index in [1.54, 1.807) is 6.07 Å². The van der Waals surface area contributed by atoms with Crippen LogP contribution in [0.1, 0.15) is 43.9 Å². The van der Waals surface area contributed by atoms with E-state index in [2.05, 4.69) is 10.2 Å². The zero-order chi connectivity index (χ0) is 12.6. The second kappa shape index (κ2) is 4.20. The van der Waals surface area contributed by atoms with E-state index in [1.807, 2.05) is 13.8 Å². The predicted octanol–water partition coefficient (Wildman–Crippen LogP) is 2.48. The third-order valence-electron chi connectivity index (χ3n) is 3.57. The fraction of sp³-hybridized carbons (Fsp3) is 0.667. The van der Waals surface area contributed by atoms with Crippen LogP contribution in [0, 0.1) is 5.92 Å². The van der Waals surface area contributed by atoms with Gasteiger partial charge in [-0.3, -0.25) is 4.79 Å². The molecule has 1 aromatic rings. The molecule has 0 aromatic carbocycles. The molecule has 5 heteroatoms. The lowest BCUT2D eigenvalue weighted by Crippen LogP contribution is -2.39. The average molecular weight is 242 g/mol. The van der Waals surface area contributed by atoms with Gasteiger partial charge in [-0.2, -0.15) is 5.10 Å². The number of aromatic amines is 1. The number of aromatic nitrogens is 2. The first-order chi connectivity index (χ1) is 7.93. The van der Waals surface area contributed by atoms with Crippen LogP contribution in [0.15, 0.2) is 10.9 Å². The standard InChI is InChI=1S/C12H16F2N2O/c1-3-9-4-10(11(17)16-15-9)7(2)8-5-12(13,14)6-8/h4,7-8H,3,5-6H2,1-2H3,(H,16,17). The van der Waals surface area contributed by atoms with Gasteiger partial charge in [0.05, 0.1) is 5.69 Å². The Morgan fingerprint density at radius 1 is 1.59 bits per heavy atom. The Bertz CT molecular complexity index is 462. The van der Waals surface area contributed by atoms with Crippen molar-refractivity contribution in [3.8, 4) is 0 Å². The smallest absolute Gasteiger partial charge is 0.267 e. The molecule has 1 aliphatic carbocycles. The van der Waals surface area contributed by atoms with Crippen LogP contribution in [0.3, 0.4) is 0 Å². The Morgan fingerprint density at radius 2 is 2.24 bits per heavy atom. The van der Waals surface area contributed by atoms with Crippen LogP contribution >= 0.6 is 0 Å². The van der Waals surface area contributed by atoms with Crippen LogP contribution in [0.2, 0.25) is 0 Å². The maximum Gasteiger partial charge on any atom is 0.267 e. The summed E-state index contributed by atoms with van der Waals surface area (Å²) in [4.78, 5) is 11.6. The lowest BCUT2D eigenvalue weighted by molar-refractivity contribution is -0.116. The molecule has 0 bridgehead atoms. The summed E-state index contributed by atoms with van der Waals surface area (Å²) in [6.45, 7) is 3.77. The number of rotatable bonds is 3. The van der Waals surface area contributed by atoms with Crippen molar-refractivity contribution < 1.29 is 8.78 Å². The summed E-state index contributed by atoms with van der Waals surface area (Å²) >= 11 is 0. The zero-order valence-electron chi connectivity index (χ0n) is 9.96. The maximum absolute atomic E-state index is 12.8. The molecule has 1 atom stereocenters. The van der Waals surface area contributed by atoms with Crippen molar-refractivity contribution in [2.75, 3.05) is 0 Å². The second-order valence-electron chi connectivity index (χ2n) is 4.81. The number of halogens is 2. The van der Waals surface area contributed by atoms with Gasteiger partial charge < -0.3 is 0 Å². The van der Waals surface area contributed by atoms with E-state index in [0.717, 1.165) is 12.1 Å². The molecule has 17 heavy (non-hydrogen) atoms. The highest BCUT2D eigenvalue weighted by atomic mass is 19.3. The van der Waals surface area contributed by atoms with Crippen molar-refractivity contribution >= 4 is 0 Å². The molecular weight excluding hydrogens is 226 g/mol. The van der Waals surface area contributed by atoms with Crippen LogP contribution in [0.5, 0.6) is 0 Å². The topological polar surface area (TPSA) is 45.8 Å². The first-order valence-electron chi connectivity index (χ1n) is 5.89. The maximum atomic E-state index is 12.8. The van der Waals surface area contributed by atoms with Crippen molar-refractivity contribution in [1.29, 1.82) is 0 Å². The summed E-state index contributed by atoms with van der Waals surface area (Å²) in [5.41, 5.74) is 1.11. The van der Waals surface area contributed by atoms with E-state index < -0.39 is 5.92 Å². The van der Waals surface area contributed by atoms with Crippen LogP contribution < -0.4 is 5.56 Å². The first kappa shape index (κ1) is 12.2. The molecule has 0 aliphatic heterocycles. The number of alkyl halides is 2. The van der Waals surface area contributed by atoms with E-state index in [0.29, 0.717) is 5.56 Å². The van der Waals surface area contributed by atoms with Crippen LogP contribution in [-0.4, -0.2) is 16.1 Å². The largest absolute Gasteiger partial charge is 0.268 e. The SMILES string of the molecule is CCc1cc(C(C)C2CC(F)(F)C2)c(=O)[nH]n1. The van der Waals surface area contributed by atoms with E-state index >= 15 is 0 Å². The summed E-state index contributed by atoms with van der Waals surface area (Å²) in [6, 6.07) is 1.74. The third kappa shape index (κ3) is 2.37. The minimum absolute atomic E-state index is 0.0989. The molecule has 0 radical (unpaired) electrons. The zero-order valence-corrected chi connectivity index (χ0v) is 9.96. The van der Waals surface area contributed by atoms with Gasteiger partial charge in [0.1, 0.15) is 0 Å². The van der Waals surface area contributed by atoms with E-state index in [1.165, 1.54) is 0 Å². The van der Waals surface area contributed by atoms with Gasteiger partial charge in [0.15, 0.2) is 0 Å². The summed E-state index contributed by atoms with van der Waals surface area (Å²) < 4.78 is 25.6. The molecule has 2 rings (SSSR count). The van der Waals surface area contributed by atoms with Crippen molar-refractivity contribution in [3.63, 3.8) is 0 Å². The molecule has 1 aliphatic rings. The Labute approximate surface area is 98.2 Å². The van der Waals surface area contributed by atoms with Crippen molar-refractivity contribution in [3.05, 3.63) is 27.7 Å². The van der Waals surface area contributed by atoms with E-state index in [4.69, 9.17) is 0 Å². The average Bonchev–Trinajstić information content (AvgIpc) is 2.25. The molecule has 3 nitrogen and oxygen atoms in total. The lowest BCUT2D eigenvalue weighted by Gasteiger charge is -2.38. The molecule has 0 spiro atoms. The monoisotopic (exact) mass is 242 g/mol. The van der Waals surface area contributed by atoms with Crippen molar-refractivity contribution in [2.24, 2.45) is 5.92 Å². The summed E-state index contributed by atoms with van der Waals surface area (Å²) in [7, 11) is 0. The summed E-state index contributed by atoms with van der Waals surface area (Å²) in [5, 5.41) is 6.32. The molecule has 0 amide bonds. The summed E-state index contributed by atoms with van der Waals surface area (Å²) in [5.74, 6) is -2.77. The van der Waals surface area contributed by atoms with Crippen molar-refractivity contribution in [1.82, 2.24) is 10.2 Å². The Morgan fingerprint density at radius 3 is 2.76 bits per heavy atom. The first-order valence-corrected chi connectivity index (χ1v) is 5.89. The predicted molar refractivity (Wildman–Crippen MR) is 60.3 cm³/mol. The molecule has 1 aromatic heterocycles. The normalized spacial score (nSPS) is 20.9. The number of aryl methyl sites for hydroxylation is 1. The van der Waals surface area contributed by atoms with Gasteiger partial charge in [0, 0.05) is 18.4 Å².